The summed E-state index contributed by atoms with van der Waals surface area (Å²) in [6, 6.07) is 0. The molecule has 0 amide bonds. The maximum absolute atomic E-state index is 11.7. The molecular formula is C10H16BrN3O. The van der Waals surface area contributed by atoms with Gasteiger partial charge in [-0.15, -0.1) is 0 Å². The standard InChI is InChI=1S/C10H16BrN3O/c1-13-8(7-4-3-5-12-6-7)9(11)14(2)10(13)15/h7,12H,3-6H2,1-2H3. The largest absolute Gasteiger partial charge is 0.328 e. The van der Waals surface area contributed by atoms with Crippen molar-refractivity contribution >= 4 is 15.9 Å². The molecule has 0 bridgehead atoms. The lowest BCUT2D eigenvalue weighted by atomic mass is 9.96. The number of nitrogens with zero attached hydrogens (tertiary/aromatic N) is 2. The zero-order valence-electron chi connectivity index (χ0n) is 9.09. The normalized spacial score (nSPS) is 21.9. The second-order valence-electron chi connectivity index (χ2n) is 4.12. The van der Waals surface area contributed by atoms with Gasteiger partial charge in [-0.05, 0) is 35.3 Å². The van der Waals surface area contributed by atoms with Gasteiger partial charge in [-0.25, -0.2) is 4.79 Å². The van der Waals surface area contributed by atoms with E-state index in [0.717, 1.165) is 29.8 Å². The van der Waals surface area contributed by atoms with Crippen molar-refractivity contribution in [1.82, 2.24) is 14.5 Å². The van der Waals surface area contributed by atoms with Crippen molar-refractivity contribution in [2.45, 2.75) is 18.8 Å². The lowest BCUT2D eigenvalue weighted by molar-refractivity contribution is 0.445. The Morgan fingerprint density at radius 1 is 1.40 bits per heavy atom. The van der Waals surface area contributed by atoms with Gasteiger partial charge in [0.2, 0.25) is 0 Å². The van der Waals surface area contributed by atoms with Crippen LogP contribution in [0.15, 0.2) is 9.40 Å². The van der Waals surface area contributed by atoms with E-state index in [1.54, 1.807) is 16.2 Å². The third kappa shape index (κ3) is 1.78. The fourth-order valence-electron chi connectivity index (χ4n) is 2.25. The quantitative estimate of drug-likeness (QED) is 0.828. The maximum Gasteiger partial charge on any atom is 0.328 e. The molecule has 1 saturated heterocycles. The van der Waals surface area contributed by atoms with E-state index < -0.39 is 0 Å². The molecule has 0 spiro atoms. The minimum Gasteiger partial charge on any atom is -0.316 e. The summed E-state index contributed by atoms with van der Waals surface area (Å²) in [6.07, 6.45) is 2.34. The first-order valence-corrected chi connectivity index (χ1v) is 6.04. The summed E-state index contributed by atoms with van der Waals surface area (Å²) in [4.78, 5) is 11.7. The molecule has 1 atom stereocenters. The molecule has 5 heteroatoms. The van der Waals surface area contributed by atoms with Crippen molar-refractivity contribution in [3.05, 3.63) is 20.8 Å². The predicted molar refractivity (Wildman–Crippen MR) is 63.2 cm³/mol. The number of rotatable bonds is 1. The fraction of sp³-hybridized carbons (Fsp3) is 0.700. The second-order valence-corrected chi connectivity index (χ2v) is 4.87. The Labute approximate surface area is 97.4 Å². The first-order valence-electron chi connectivity index (χ1n) is 5.24. The van der Waals surface area contributed by atoms with Gasteiger partial charge in [0.25, 0.3) is 0 Å². The average molecular weight is 274 g/mol. The highest BCUT2D eigenvalue weighted by molar-refractivity contribution is 9.10. The van der Waals surface area contributed by atoms with E-state index >= 15 is 0 Å². The van der Waals surface area contributed by atoms with Crippen LogP contribution < -0.4 is 11.0 Å². The van der Waals surface area contributed by atoms with Crippen LogP contribution in [0.1, 0.15) is 24.5 Å². The predicted octanol–water partition coefficient (Wildman–Crippen LogP) is 0.953. The Bertz CT molecular complexity index is 415. The summed E-state index contributed by atoms with van der Waals surface area (Å²) < 4.78 is 4.33. The van der Waals surface area contributed by atoms with Gasteiger partial charge in [-0.1, -0.05) is 0 Å². The van der Waals surface area contributed by atoms with E-state index in [1.165, 1.54) is 6.42 Å². The molecule has 1 aliphatic heterocycles. The van der Waals surface area contributed by atoms with Gasteiger partial charge in [0.05, 0.1) is 5.69 Å². The highest BCUT2D eigenvalue weighted by Gasteiger charge is 2.23. The fourth-order valence-corrected chi connectivity index (χ4v) is 2.99. The van der Waals surface area contributed by atoms with Crippen LogP contribution >= 0.6 is 15.9 Å². The van der Waals surface area contributed by atoms with Gasteiger partial charge in [-0.2, -0.15) is 0 Å². The van der Waals surface area contributed by atoms with Gasteiger partial charge in [-0.3, -0.25) is 9.13 Å². The highest BCUT2D eigenvalue weighted by atomic mass is 79.9. The van der Waals surface area contributed by atoms with Gasteiger partial charge in [0.1, 0.15) is 4.60 Å². The van der Waals surface area contributed by atoms with Crippen LogP contribution in [0.25, 0.3) is 0 Å². The van der Waals surface area contributed by atoms with Crippen LogP contribution in [0.3, 0.4) is 0 Å². The SMILES string of the molecule is Cn1c(Br)c(C2CCCNC2)n(C)c1=O. The second kappa shape index (κ2) is 4.14. The van der Waals surface area contributed by atoms with E-state index in [0.29, 0.717) is 5.92 Å². The number of aromatic nitrogens is 2. The number of piperidine rings is 1. The molecule has 0 radical (unpaired) electrons. The first kappa shape index (κ1) is 11.0. The molecule has 2 heterocycles. The van der Waals surface area contributed by atoms with E-state index in [1.807, 2.05) is 7.05 Å². The number of halogens is 1. The van der Waals surface area contributed by atoms with E-state index in [-0.39, 0.29) is 5.69 Å². The number of hydrogen-bond donors (Lipinski definition) is 1. The molecule has 0 saturated carbocycles. The van der Waals surface area contributed by atoms with Crippen LogP contribution in [-0.4, -0.2) is 22.2 Å². The number of nitrogens with one attached hydrogen (secondary N) is 1. The van der Waals surface area contributed by atoms with E-state index in [2.05, 4.69) is 21.2 Å². The lowest BCUT2D eigenvalue weighted by Crippen LogP contribution is -2.30. The molecule has 1 aromatic rings. The van der Waals surface area contributed by atoms with Crippen molar-refractivity contribution < 1.29 is 0 Å². The number of hydrogen-bond acceptors (Lipinski definition) is 2. The zero-order chi connectivity index (χ0) is 11.0. The topological polar surface area (TPSA) is 39.0 Å². The van der Waals surface area contributed by atoms with E-state index in [9.17, 15) is 4.79 Å². The van der Waals surface area contributed by atoms with Gasteiger partial charge in [0.15, 0.2) is 0 Å². The summed E-state index contributed by atoms with van der Waals surface area (Å²) >= 11 is 3.50. The Morgan fingerprint density at radius 2 is 2.13 bits per heavy atom. The van der Waals surface area contributed by atoms with Crippen molar-refractivity contribution in [3.8, 4) is 0 Å². The Morgan fingerprint density at radius 3 is 2.60 bits per heavy atom. The lowest BCUT2D eigenvalue weighted by Gasteiger charge is -2.23. The summed E-state index contributed by atoms with van der Waals surface area (Å²) in [5, 5.41) is 3.37. The molecular weight excluding hydrogens is 258 g/mol. The molecule has 0 aromatic carbocycles. The Balaban J connectivity index is 2.42. The van der Waals surface area contributed by atoms with E-state index in [4.69, 9.17) is 0 Å². The van der Waals surface area contributed by atoms with Crippen molar-refractivity contribution in [2.24, 2.45) is 14.1 Å². The third-order valence-electron chi connectivity index (χ3n) is 3.12. The average Bonchev–Trinajstić information content (AvgIpc) is 2.45. The number of imidazole rings is 1. The van der Waals surface area contributed by atoms with Crippen LogP contribution in [-0.2, 0) is 14.1 Å². The Kier molecular flexibility index (Phi) is 3.02. The molecule has 84 valence electrons. The summed E-state index contributed by atoms with van der Waals surface area (Å²) in [7, 11) is 3.64. The smallest absolute Gasteiger partial charge is 0.316 e. The van der Waals surface area contributed by atoms with Crippen LogP contribution in [0, 0.1) is 0 Å². The first-order chi connectivity index (χ1) is 7.13. The molecule has 1 aromatic heterocycles. The molecule has 4 nitrogen and oxygen atoms in total. The van der Waals surface area contributed by atoms with Crippen LogP contribution in [0.5, 0.6) is 0 Å². The van der Waals surface area contributed by atoms with Gasteiger partial charge >= 0.3 is 5.69 Å². The summed E-state index contributed by atoms with van der Waals surface area (Å²) in [6.45, 7) is 2.06. The molecule has 15 heavy (non-hydrogen) atoms. The van der Waals surface area contributed by atoms with Gasteiger partial charge < -0.3 is 5.32 Å². The monoisotopic (exact) mass is 273 g/mol. The van der Waals surface area contributed by atoms with Crippen molar-refractivity contribution in [3.63, 3.8) is 0 Å². The van der Waals surface area contributed by atoms with Gasteiger partial charge in [0, 0.05) is 26.6 Å². The summed E-state index contributed by atoms with van der Waals surface area (Å²) in [5.74, 6) is 0.451. The molecule has 1 unspecified atom stereocenters. The van der Waals surface area contributed by atoms with Crippen LogP contribution in [0.4, 0.5) is 0 Å². The minimum atomic E-state index is 0.0439. The molecule has 1 fully saturated rings. The van der Waals surface area contributed by atoms with Crippen molar-refractivity contribution in [2.75, 3.05) is 13.1 Å². The maximum atomic E-state index is 11.7. The zero-order valence-corrected chi connectivity index (χ0v) is 10.7. The molecule has 0 aliphatic carbocycles. The summed E-state index contributed by atoms with van der Waals surface area (Å²) in [5.41, 5.74) is 1.16. The third-order valence-corrected chi connectivity index (χ3v) is 4.06. The van der Waals surface area contributed by atoms with Crippen molar-refractivity contribution in [1.29, 1.82) is 0 Å². The highest BCUT2D eigenvalue weighted by Crippen LogP contribution is 2.28. The molecule has 2 rings (SSSR count). The minimum absolute atomic E-state index is 0.0439. The Hall–Kier alpha value is -0.550. The van der Waals surface area contributed by atoms with Crippen LogP contribution in [0.2, 0.25) is 0 Å². The molecule has 1 N–H and O–H groups in total. The molecule has 1 aliphatic rings.